The summed E-state index contributed by atoms with van der Waals surface area (Å²) in [5.74, 6) is 2.53. The van der Waals surface area contributed by atoms with Crippen molar-refractivity contribution in [2.45, 2.75) is 6.42 Å². The maximum atomic E-state index is 4.74. The van der Waals surface area contributed by atoms with Gasteiger partial charge in [-0.2, -0.15) is 0 Å². The second-order valence-electron chi connectivity index (χ2n) is 0.571. The van der Waals surface area contributed by atoms with Crippen LogP contribution in [0.1, 0.15) is 6.42 Å². The molecule has 0 saturated heterocycles. The number of hydrogen-bond donors (Lipinski definition) is 1. The summed E-state index contributed by atoms with van der Waals surface area (Å²) in [6.07, 6.45) is 0.608. The SMILES string of the molecule is [CH2]CC#CN. The molecule has 0 spiro atoms. The Labute approximate surface area is 32.2 Å². The average Bonchev–Trinajstić information content (AvgIpc) is 1.41. The highest BCUT2D eigenvalue weighted by atomic mass is 14.4. The Morgan fingerprint density at radius 3 is 2.40 bits per heavy atom. The van der Waals surface area contributed by atoms with Gasteiger partial charge in [-0.05, 0) is 6.92 Å². The van der Waals surface area contributed by atoms with E-state index < -0.39 is 0 Å². The second-order valence-corrected chi connectivity index (χ2v) is 0.571. The van der Waals surface area contributed by atoms with Crippen molar-refractivity contribution < 1.29 is 0 Å². The second kappa shape index (κ2) is 3.36. The molecule has 0 heterocycles. The molecule has 0 aromatic heterocycles. The molecular weight excluding hydrogens is 62.1 g/mol. The van der Waals surface area contributed by atoms with Gasteiger partial charge in [0.2, 0.25) is 0 Å². The molecule has 5 heavy (non-hydrogen) atoms. The van der Waals surface area contributed by atoms with E-state index in [0.717, 1.165) is 0 Å². The van der Waals surface area contributed by atoms with Crippen molar-refractivity contribution in [2.75, 3.05) is 0 Å². The molecule has 0 fully saturated rings. The molecule has 0 aliphatic heterocycles. The van der Waals surface area contributed by atoms with Gasteiger partial charge in [-0.25, -0.2) is 0 Å². The van der Waals surface area contributed by atoms with Crippen molar-refractivity contribution in [1.29, 1.82) is 0 Å². The molecule has 0 aromatic rings. The lowest BCUT2D eigenvalue weighted by atomic mass is 10.5. The minimum atomic E-state index is 0.608. The molecule has 1 heteroatoms. The summed E-state index contributed by atoms with van der Waals surface area (Å²) in [4.78, 5) is 0. The summed E-state index contributed by atoms with van der Waals surface area (Å²) in [5, 5.41) is 0. The van der Waals surface area contributed by atoms with E-state index in [1.165, 1.54) is 0 Å². The molecule has 1 nitrogen and oxygen atoms in total. The van der Waals surface area contributed by atoms with Crippen LogP contribution in [-0.2, 0) is 0 Å². The van der Waals surface area contributed by atoms with Crippen LogP contribution in [0.2, 0.25) is 0 Å². The van der Waals surface area contributed by atoms with Gasteiger partial charge >= 0.3 is 0 Å². The van der Waals surface area contributed by atoms with Gasteiger partial charge < -0.3 is 5.73 Å². The van der Waals surface area contributed by atoms with Crippen molar-refractivity contribution in [3.05, 3.63) is 6.92 Å². The quantitative estimate of drug-likeness (QED) is 0.317. The zero-order valence-electron chi connectivity index (χ0n) is 2.99. The summed E-state index contributed by atoms with van der Waals surface area (Å²) in [5.41, 5.74) is 4.74. The van der Waals surface area contributed by atoms with E-state index in [9.17, 15) is 0 Å². The molecule has 0 aliphatic rings. The lowest BCUT2D eigenvalue weighted by Crippen LogP contribution is -1.73. The molecule has 0 aliphatic carbocycles. The van der Waals surface area contributed by atoms with Crippen molar-refractivity contribution in [2.24, 2.45) is 5.73 Å². The standard InChI is InChI=1S/C4H6N/c1-2-3-4-5/h1-2,5H2. The molecule has 0 rings (SSSR count). The topological polar surface area (TPSA) is 26.0 Å². The number of hydrogen-bond acceptors (Lipinski definition) is 1. The van der Waals surface area contributed by atoms with Gasteiger partial charge in [0.1, 0.15) is 0 Å². The minimum absolute atomic E-state index is 0.608. The van der Waals surface area contributed by atoms with Crippen LogP contribution in [0.3, 0.4) is 0 Å². The predicted octanol–water partition coefficient (Wildman–Crippen LogP) is 0.130. The molecule has 0 unspecified atom stereocenters. The summed E-state index contributed by atoms with van der Waals surface area (Å²) in [7, 11) is 0. The van der Waals surface area contributed by atoms with Crippen LogP contribution in [0, 0.1) is 18.9 Å². The fourth-order valence-electron chi connectivity index (χ4n) is 0.0722. The normalized spacial score (nSPS) is 5.00. The molecule has 1 radical (unpaired) electrons. The third-order valence-electron chi connectivity index (χ3n) is 0.227. The van der Waals surface area contributed by atoms with Crippen LogP contribution < -0.4 is 5.73 Å². The first-order valence-electron chi connectivity index (χ1n) is 1.39. The number of nitrogens with two attached hydrogens (primary N) is 1. The van der Waals surface area contributed by atoms with Crippen molar-refractivity contribution in [3.63, 3.8) is 0 Å². The van der Waals surface area contributed by atoms with E-state index in [1.54, 1.807) is 0 Å². The smallest absolute Gasteiger partial charge is 0.0107 e. The third-order valence-corrected chi connectivity index (χ3v) is 0.227. The fraction of sp³-hybridized carbons (Fsp3) is 0.250. The highest BCUT2D eigenvalue weighted by Crippen LogP contribution is 1.58. The van der Waals surface area contributed by atoms with Gasteiger partial charge in [0.05, 0.1) is 0 Å². The summed E-state index contributed by atoms with van der Waals surface area (Å²) in [6.45, 7) is 3.42. The maximum absolute atomic E-state index is 4.74. The average molecular weight is 68.1 g/mol. The molecule has 0 amide bonds. The van der Waals surface area contributed by atoms with Crippen LogP contribution in [0.15, 0.2) is 0 Å². The summed E-state index contributed by atoms with van der Waals surface area (Å²) >= 11 is 0. The molecule has 0 bridgehead atoms. The van der Waals surface area contributed by atoms with E-state index in [4.69, 9.17) is 5.73 Å². The first-order chi connectivity index (χ1) is 2.41. The van der Waals surface area contributed by atoms with Gasteiger partial charge in [-0.15, -0.1) is 0 Å². The van der Waals surface area contributed by atoms with Crippen LogP contribution in [0.25, 0.3) is 0 Å². The highest BCUT2D eigenvalue weighted by Gasteiger charge is 1.49. The van der Waals surface area contributed by atoms with Crippen LogP contribution >= 0.6 is 0 Å². The van der Waals surface area contributed by atoms with Gasteiger partial charge in [-0.1, -0.05) is 5.92 Å². The number of rotatable bonds is 0. The zero-order chi connectivity index (χ0) is 4.12. The van der Waals surface area contributed by atoms with E-state index >= 15 is 0 Å². The van der Waals surface area contributed by atoms with Gasteiger partial charge in [-0.3, -0.25) is 0 Å². The predicted molar refractivity (Wildman–Crippen MR) is 21.9 cm³/mol. The van der Waals surface area contributed by atoms with Gasteiger partial charge in [0.25, 0.3) is 0 Å². The first kappa shape index (κ1) is 4.36. The Morgan fingerprint density at radius 1 is 1.80 bits per heavy atom. The summed E-state index contributed by atoms with van der Waals surface area (Å²) in [6, 6.07) is 2.20. The van der Waals surface area contributed by atoms with E-state index in [2.05, 4.69) is 18.9 Å². The summed E-state index contributed by atoms with van der Waals surface area (Å²) < 4.78 is 0. The van der Waals surface area contributed by atoms with Crippen molar-refractivity contribution >= 4 is 0 Å². The Hall–Kier alpha value is -0.640. The Morgan fingerprint density at radius 2 is 2.40 bits per heavy atom. The van der Waals surface area contributed by atoms with Gasteiger partial charge in [0, 0.05) is 12.5 Å². The molecule has 0 saturated carbocycles. The highest BCUT2D eigenvalue weighted by molar-refractivity contribution is 4.93. The molecule has 2 N–H and O–H groups in total. The lowest BCUT2D eigenvalue weighted by Gasteiger charge is -1.58. The largest absolute Gasteiger partial charge is 0.359 e. The minimum Gasteiger partial charge on any atom is -0.359 e. The Kier molecular flexibility index (Phi) is 2.93. The molecular formula is C4H6N. The van der Waals surface area contributed by atoms with Crippen LogP contribution in [0.5, 0.6) is 0 Å². The fourth-order valence-corrected chi connectivity index (χ4v) is 0.0722. The van der Waals surface area contributed by atoms with Crippen LogP contribution in [0.4, 0.5) is 0 Å². The Balaban J connectivity index is 2.81. The third kappa shape index (κ3) is 3.36. The molecule has 27 valence electrons. The van der Waals surface area contributed by atoms with Gasteiger partial charge in [0.15, 0.2) is 0 Å². The molecule has 0 atom stereocenters. The lowest BCUT2D eigenvalue weighted by molar-refractivity contribution is 1.47. The van der Waals surface area contributed by atoms with Crippen molar-refractivity contribution in [1.82, 2.24) is 0 Å². The maximum Gasteiger partial charge on any atom is 0.0107 e. The van der Waals surface area contributed by atoms with Crippen LogP contribution in [-0.4, -0.2) is 0 Å². The van der Waals surface area contributed by atoms with E-state index in [0.29, 0.717) is 6.42 Å². The zero-order valence-corrected chi connectivity index (χ0v) is 2.99. The molecule has 0 aromatic carbocycles. The Bertz CT molecular complexity index is 55.8. The first-order valence-corrected chi connectivity index (χ1v) is 1.39. The monoisotopic (exact) mass is 68.1 g/mol. The van der Waals surface area contributed by atoms with Crippen molar-refractivity contribution in [3.8, 4) is 12.0 Å². The van der Waals surface area contributed by atoms with E-state index in [1.807, 2.05) is 0 Å². The van der Waals surface area contributed by atoms with E-state index in [-0.39, 0.29) is 0 Å².